The number of hydrogen-bond acceptors (Lipinski definition) is 2. The minimum atomic E-state index is -0.226. The quantitative estimate of drug-likeness (QED) is 0.869. The topological polar surface area (TPSA) is 38.3 Å². The number of methoxy groups -OCH3 is 1. The van der Waals surface area contributed by atoms with Crippen molar-refractivity contribution in [3.63, 3.8) is 0 Å². The summed E-state index contributed by atoms with van der Waals surface area (Å²) < 4.78 is 5.86. The molecule has 1 N–H and O–H groups in total. The Balaban J connectivity index is 2.30. The molecule has 104 valence electrons. The number of ether oxygens (including phenoxy) is 1. The Bertz CT molecular complexity index is 658. The molecule has 20 heavy (non-hydrogen) atoms. The van der Waals surface area contributed by atoms with Gasteiger partial charge in [0, 0.05) is 10.5 Å². The third kappa shape index (κ3) is 3.32. The molecule has 5 heteroatoms. The fourth-order valence-electron chi connectivity index (χ4n) is 1.73. The predicted molar refractivity (Wildman–Crippen MR) is 84.8 cm³/mol. The Labute approximate surface area is 131 Å². The van der Waals surface area contributed by atoms with Crippen LogP contribution in [0.5, 0.6) is 5.75 Å². The third-order valence-corrected chi connectivity index (χ3v) is 3.81. The maximum absolute atomic E-state index is 12.3. The van der Waals surface area contributed by atoms with Gasteiger partial charge in [0.05, 0.1) is 23.4 Å². The van der Waals surface area contributed by atoms with E-state index in [0.717, 1.165) is 10.0 Å². The molecule has 0 fully saturated rings. The van der Waals surface area contributed by atoms with Crippen LogP contribution in [0.25, 0.3) is 0 Å². The van der Waals surface area contributed by atoms with Gasteiger partial charge in [-0.2, -0.15) is 0 Å². The van der Waals surface area contributed by atoms with Crippen molar-refractivity contribution in [2.75, 3.05) is 12.4 Å². The van der Waals surface area contributed by atoms with Crippen LogP contribution in [-0.4, -0.2) is 13.0 Å². The van der Waals surface area contributed by atoms with E-state index >= 15 is 0 Å². The standard InChI is InChI=1S/C15H13BrClNO2/c1-9-3-5-12(16)11(7-9)15(19)18-14-8-10(20-2)4-6-13(14)17/h3-8H,1-2H3,(H,18,19). The van der Waals surface area contributed by atoms with Gasteiger partial charge in [0.15, 0.2) is 0 Å². The van der Waals surface area contributed by atoms with E-state index in [1.807, 2.05) is 25.1 Å². The molecule has 2 rings (SSSR count). The van der Waals surface area contributed by atoms with Gasteiger partial charge in [-0.15, -0.1) is 0 Å². The van der Waals surface area contributed by atoms with Crippen molar-refractivity contribution in [2.24, 2.45) is 0 Å². The maximum atomic E-state index is 12.3. The molecular formula is C15H13BrClNO2. The number of nitrogens with one attached hydrogen (secondary N) is 1. The number of rotatable bonds is 3. The van der Waals surface area contributed by atoms with Crippen LogP contribution < -0.4 is 10.1 Å². The zero-order chi connectivity index (χ0) is 14.7. The third-order valence-electron chi connectivity index (χ3n) is 2.79. The van der Waals surface area contributed by atoms with E-state index in [4.69, 9.17) is 16.3 Å². The van der Waals surface area contributed by atoms with Gasteiger partial charge in [-0.3, -0.25) is 4.79 Å². The summed E-state index contributed by atoms with van der Waals surface area (Å²) in [4.78, 5) is 12.3. The fourth-order valence-corrected chi connectivity index (χ4v) is 2.32. The van der Waals surface area contributed by atoms with Crippen molar-refractivity contribution < 1.29 is 9.53 Å². The smallest absolute Gasteiger partial charge is 0.256 e. The van der Waals surface area contributed by atoms with Crippen molar-refractivity contribution in [3.05, 3.63) is 57.0 Å². The molecule has 3 nitrogen and oxygen atoms in total. The average Bonchev–Trinajstić information content (AvgIpc) is 2.43. The summed E-state index contributed by atoms with van der Waals surface area (Å²) >= 11 is 9.45. The molecule has 1 amide bonds. The number of benzene rings is 2. The number of aryl methyl sites for hydroxylation is 1. The fraction of sp³-hybridized carbons (Fsp3) is 0.133. The molecule has 0 radical (unpaired) electrons. The number of carbonyl (C=O) groups is 1. The zero-order valence-corrected chi connectivity index (χ0v) is 13.4. The highest BCUT2D eigenvalue weighted by molar-refractivity contribution is 9.10. The van der Waals surface area contributed by atoms with Gasteiger partial charge in [0.2, 0.25) is 0 Å². The van der Waals surface area contributed by atoms with E-state index in [2.05, 4.69) is 21.2 Å². The van der Waals surface area contributed by atoms with Gasteiger partial charge in [0.25, 0.3) is 5.91 Å². The molecule has 0 saturated carbocycles. The molecule has 0 spiro atoms. The van der Waals surface area contributed by atoms with Crippen molar-refractivity contribution in [3.8, 4) is 5.75 Å². The van der Waals surface area contributed by atoms with E-state index in [1.54, 1.807) is 25.3 Å². The average molecular weight is 355 g/mol. The van der Waals surface area contributed by atoms with E-state index in [1.165, 1.54) is 0 Å². The number of anilines is 1. The molecule has 0 aliphatic heterocycles. The molecular weight excluding hydrogens is 342 g/mol. The summed E-state index contributed by atoms with van der Waals surface area (Å²) in [5.74, 6) is 0.406. The Morgan fingerprint density at radius 3 is 2.70 bits per heavy atom. The molecule has 0 saturated heterocycles. The normalized spacial score (nSPS) is 10.2. The second-order valence-electron chi connectivity index (χ2n) is 4.28. The van der Waals surface area contributed by atoms with Gasteiger partial charge in [-0.1, -0.05) is 23.2 Å². The lowest BCUT2D eigenvalue weighted by Gasteiger charge is -2.10. The summed E-state index contributed by atoms with van der Waals surface area (Å²) in [6.07, 6.45) is 0. The van der Waals surface area contributed by atoms with Crippen LogP contribution in [0.4, 0.5) is 5.69 Å². The summed E-state index contributed by atoms with van der Waals surface area (Å²) in [5.41, 5.74) is 2.09. The summed E-state index contributed by atoms with van der Waals surface area (Å²) in [6.45, 7) is 1.93. The lowest BCUT2D eigenvalue weighted by Crippen LogP contribution is -2.13. The predicted octanol–water partition coefficient (Wildman–Crippen LogP) is 4.67. The number of carbonyl (C=O) groups excluding carboxylic acids is 1. The highest BCUT2D eigenvalue weighted by Crippen LogP contribution is 2.28. The molecule has 0 aliphatic carbocycles. The van der Waals surface area contributed by atoms with Crippen molar-refractivity contribution >= 4 is 39.1 Å². The lowest BCUT2D eigenvalue weighted by atomic mass is 10.1. The number of halogens is 2. The van der Waals surface area contributed by atoms with E-state index in [0.29, 0.717) is 22.0 Å². The highest BCUT2D eigenvalue weighted by atomic mass is 79.9. The van der Waals surface area contributed by atoms with Crippen molar-refractivity contribution in [1.29, 1.82) is 0 Å². The molecule has 2 aromatic carbocycles. The van der Waals surface area contributed by atoms with E-state index < -0.39 is 0 Å². The molecule has 0 aromatic heterocycles. The molecule has 2 aromatic rings. The largest absolute Gasteiger partial charge is 0.497 e. The van der Waals surface area contributed by atoms with Gasteiger partial charge < -0.3 is 10.1 Å². The Morgan fingerprint density at radius 1 is 1.25 bits per heavy atom. The summed E-state index contributed by atoms with van der Waals surface area (Å²) in [5, 5.41) is 3.25. The van der Waals surface area contributed by atoms with Crippen LogP contribution in [0, 0.1) is 6.92 Å². The molecule has 0 atom stereocenters. The first kappa shape index (κ1) is 14.9. The minimum Gasteiger partial charge on any atom is -0.497 e. The van der Waals surface area contributed by atoms with Crippen LogP contribution in [0.1, 0.15) is 15.9 Å². The first-order chi connectivity index (χ1) is 9.51. The number of hydrogen-bond donors (Lipinski definition) is 1. The number of amides is 1. The first-order valence-corrected chi connectivity index (χ1v) is 7.09. The monoisotopic (exact) mass is 353 g/mol. The Kier molecular flexibility index (Phi) is 4.68. The Morgan fingerprint density at radius 2 is 2.00 bits per heavy atom. The van der Waals surface area contributed by atoms with Gasteiger partial charge in [-0.05, 0) is 47.1 Å². The van der Waals surface area contributed by atoms with Crippen molar-refractivity contribution in [1.82, 2.24) is 0 Å². The molecule has 0 aliphatic rings. The summed E-state index contributed by atoms with van der Waals surface area (Å²) in [7, 11) is 1.56. The van der Waals surface area contributed by atoms with E-state index in [9.17, 15) is 4.79 Å². The van der Waals surface area contributed by atoms with Crippen LogP contribution in [0.3, 0.4) is 0 Å². The Hall–Kier alpha value is -1.52. The highest BCUT2D eigenvalue weighted by Gasteiger charge is 2.12. The second-order valence-corrected chi connectivity index (χ2v) is 5.54. The van der Waals surface area contributed by atoms with Crippen LogP contribution in [0.15, 0.2) is 40.9 Å². The van der Waals surface area contributed by atoms with Gasteiger partial charge in [-0.25, -0.2) is 0 Å². The van der Waals surface area contributed by atoms with E-state index in [-0.39, 0.29) is 5.91 Å². The lowest BCUT2D eigenvalue weighted by molar-refractivity contribution is 0.102. The second kappa shape index (κ2) is 6.29. The zero-order valence-electron chi connectivity index (χ0n) is 11.0. The van der Waals surface area contributed by atoms with Gasteiger partial charge in [0.1, 0.15) is 5.75 Å². The summed E-state index contributed by atoms with van der Waals surface area (Å²) in [6, 6.07) is 10.7. The van der Waals surface area contributed by atoms with Crippen molar-refractivity contribution in [2.45, 2.75) is 6.92 Å². The minimum absolute atomic E-state index is 0.226. The van der Waals surface area contributed by atoms with Crippen LogP contribution in [-0.2, 0) is 0 Å². The van der Waals surface area contributed by atoms with Crippen LogP contribution >= 0.6 is 27.5 Å². The molecule has 0 unspecified atom stereocenters. The van der Waals surface area contributed by atoms with Gasteiger partial charge >= 0.3 is 0 Å². The molecule has 0 heterocycles. The maximum Gasteiger partial charge on any atom is 0.256 e. The first-order valence-electron chi connectivity index (χ1n) is 5.92. The SMILES string of the molecule is COc1ccc(Cl)c(NC(=O)c2cc(C)ccc2Br)c1. The molecule has 0 bridgehead atoms. The van der Waals surface area contributed by atoms with Crippen LogP contribution in [0.2, 0.25) is 5.02 Å².